The largest absolute Gasteiger partial charge is 0.436 e. The Bertz CT molecular complexity index is 2360. The van der Waals surface area contributed by atoms with Gasteiger partial charge in [-0.3, -0.25) is 0 Å². The summed E-state index contributed by atoms with van der Waals surface area (Å²) >= 11 is 1.73. The summed E-state index contributed by atoms with van der Waals surface area (Å²) in [5, 5.41) is 1.04. The fourth-order valence-corrected chi connectivity index (χ4v) is 7.26. The normalized spacial score (nSPS) is 11.3. The molecule has 0 fully saturated rings. The molecule has 0 aliphatic carbocycles. The first kappa shape index (κ1) is 28.9. The van der Waals surface area contributed by atoms with Crippen LogP contribution in [0.2, 0.25) is 0 Å². The zero-order chi connectivity index (χ0) is 32.6. The molecule has 9 rings (SSSR count). The van der Waals surface area contributed by atoms with Crippen LogP contribution in [-0.2, 0) is 0 Å². The van der Waals surface area contributed by atoms with E-state index in [0.29, 0.717) is 5.89 Å². The minimum atomic E-state index is 0.633. The third-order valence-electron chi connectivity index (χ3n) is 8.75. The number of nitrogens with zero attached hydrogens (tertiary/aromatic N) is 3. The minimum Gasteiger partial charge on any atom is -0.436 e. The van der Waals surface area contributed by atoms with Crippen LogP contribution in [0.4, 0.5) is 17.1 Å². The molecule has 0 bridgehead atoms. The maximum absolute atomic E-state index is 6.15. The Hall–Kier alpha value is -6.30. The molecular formula is C44H29N3OS. The molecule has 9 aromatic rings. The summed E-state index contributed by atoms with van der Waals surface area (Å²) in [7, 11) is 0. The Morgan fingerprint density at radius 2 is 0.918 bits per heavy atom. The molecule has 2 heterocycles. The van der Waals surface area contributed by atoms with Gasteiger partial charge in [0, 0.05) is 28.2 Å². The number of fused-ring (bicyclic) bond motifs is 2. The van der Waals surface area contributed by atoms with Crippen molar-refractivity contribution in [1.29, 1.82) is 0 Å². The zero-order valence-corrected chi connectivity index (χ0v) is 27.2. The van der Waals surface area contributed by atoms with Crippen LogP contribution in [0.1, 0.15) is 0 Å². The van der Waals surface area contributed by atoms with Crippen LogP contribution in [0.15, 0.2) is 180 Å². The van der Waals surface area contributed by atoms with E-state index in [1.807, 2.05) is 42.5 Å². The SMILES string of the molecule is c1ccc(-c2nc3ccc(-c4ccc(N(c5ccccc5)c5ccc(-c6ccc7nc(-c8ccccc8)sc7c6)cc5)cc4)cc3o2)cc1. The van der Waals surface area contributed by atoms with E-state index in [1.54, 1.807) is 11.3 Å². The number of hydrogen-bond donors (Lipinski definition) is 0. The Labute approximate surface area is 288 Å². The summed E-state index contributed by atoms with van der Waals surface area (Å²) in [6.07, 6.45) is 0. The Balaban J connectivity index is 1.01. The molecular weight excluding hydrogens is 619 g/mol. The van der Waals surface area contributed by atoms with Crippen molar-refractivity contribution in [3.63, 3.8) is 0 Å². The number of rotatable bonds is 7. The molecule has 0 N–H and O–H groups in total. The van der Waals surface area contributed by atoms with Gasteiger partial charge in [0.25, 0.3) is 0 Å². The van der Waals surface area contributed by atoms with Crippen LogP contribution < -0.4 is 4.90 Å². The molecule has 0 unspecified atom stereocenters. The third kappa shape index (κ3) is 5.67. The molecule has 232 valence electrons. The minimum absolute atomic E-state index is 0.633. The standard InChI is InChI=1S/C44H29N3OS/c1-4-10-32(11-5-1)43-45-39-26-20-34(28-41(39)48-43)30-16-22-37(23-17-30)47(36-14-8-3-9-15-36)38-24-18-31(19-25-38)35-21-27-40-42(29-35)49-44(46-40)33-12-6-2-7-13-33/h1-29H. The molecule has 0 amide bonds. The highest BCUT2D eigenvalue weighted by Crippen LogP contribution is 2.38. The predicted octanol–water partition coefficient (Wildman–Crippen LogP) is 12.6. The van der Waals surface area contributed by atoms with Gasteiger partial charge in [0.05, 0.1) is 10.2 Å². The number of thiazole rings is 1. The highest BCUT2D eigenvalue weighted by molar-refractivity contribution is 7.21. The second-order valence-electron chi connectivity index (χ2n) is 11.9. The molecule has 0 aliphatic heterocycles. The second kappa shape index (κ2) is 12.4. The molecule has 0 atom stereocenters. The summed E-state index contributed by atoms with van der Waals surface area (Å²) in [5.41, 5.74) is 12.6. The fraction of sp³-hybridized carbons (Fsp3) is 0. The van der Waals surface area contributed by atoms with E-state index in [-0.39, 0.29) is 0 Å². The molecule has 2 aromatic heterocycles. The maximum Gasteiger partial charge on any atom is 0.227 e. The van der Waals surface area contributed by atoms with E-state index >= 15 is 0 Å². The first-order valence-electron chi connectivity index (χ1n) is 16.2. The van der Waals surface area contributed by atoms with Crippen molar-refractivity contribution in [1.82, 2.24) is 9.97 Å². The van der Waals surface area contributed by atoms with Crippen LogP contribution in [-0.4, -0.2) is 9.97 Å². The Kier molecular flexibility index (Phi) is 7.30. The first-order chi connectivity index (χ1) is 24.2. The monoisotopic (exact) mass is 647 g/mol. The van der Waals surface area contributed by atoms with Crippen molar-refractivity contribution in [3.05, 3.63) is 176 Å². The summed E-state index contributed by atoms with van der Waals surface area (Å²) in [6, 6.07) is 61.1. The average Bonchev–Trinajstić information content (AvgIpc) is 3.81. The summed E-state index contributed by atoms with van der Waals surface area (Å²) in [5.74, 6) is 0.633. The van der Waals surface area contributed by atoms with Crippen molar-refractivity contribution < 1.29 is 4.42 Å². The quantitative estimate of drug-likeness (QED) is 0.173. The molecule has 7 aromatic carbocycles. The molecule has 4 nitrogen and oxygen atoms in total. The third-order valence-corrected chi connectivity index (χ3v) is 9.82. The van der Waals surface area contributed by atoms with Crippen LogP contribution in [0, 0.1) is 0 Å². The van der Waals surface area contributed by atoms with Crippen molar-refractivity contribution >= 4 is 49.7 Å². The molecule has 0 radical (unpaired) electrons. The molecule has 0 saturated carbocycles. The van der Waals surface area contributed by atoms with E-state index in [0.717, 1.165) is 60.9 Å². The summed E-state index contributed by atoms with van der Waals surface area (Å²) in [6.45, 7) is 0. The van der Waals surface area contributed by atoms with Gasteiger partial charge < -0.3 is 9.32 Å². The zero-order valence-electron chi connectivity index (χ0n) is 26.4. The summed E-state index contributed by atoms with van der Waals surface area (Å²) < 4.78 is 7.34. The van der Waals surface area contributed by atoms with Crippen LogP contribution in [0.5, 0.6) is 0 Å². The van der Waals surface area contributed by atoms with Gasteiger partial charge in [-0.05, 0) is 95.1 Å². The van der Waals surface area contributed by atoms with E-state index < -0.39 is 0 Å². The molecule has 0 aliphatic rings. The fourth-order valence-electron chi connectivity index (χ4n) is 6.25. The number of para-hydroxylation sites is 1. The number of benzene rings is 7. The molecule has 5 heteroatoms. The molecule has 0 saturated heterocycles. The van der Waals surface area contributed by atoms with Gasteiger partial charge in [0.2, 0.25) is 5.89 Å². The first-order valence-corrected chi connectivity index (χ1v) is 17.0. The van der Waals surface area contributed by atoms with Crippen LogP contribution in [0.3, 0.4) is 0 Å². The Morgan fingerprint density at radius 1 is 0.408 bits per heavy atom. The van der Waals surface area contributed by atoms with Gasteiger partial charge in [0.1, 0.15) is 10.5 Å². The highest BCUT2D eigenvalue weighted by atomic mass is 32.1. The van der Waals surface area contributed by atoms with Gasteiger partial charge in [-0.25, -0.2) is 9.97 Å². The molecule has 49 heavy (non-hydrogen) atoms. The topological polar surface area (TPSA) is 42.2 Å². The van der Waals surface area contributed by atoms with Gasteiger partial charge in [-0.2, -0.15) is 0 Å². The maximum atomic E-state index is 6.15. The molecule has 0 spiro atoms. The van der Waals surface area contributed by atoms with E-state index in [1.165, 1.54) is 15.8 Å². The lowest BCUT2D eigenvalue weighted by Gasteiger charge is -2.26. The highest BCUT2D eigenvalue weighted by Gasteiger charge is 2.15. The summed E-state index contributed by atoms with van der Waals surface area (Å²) in [4.78, 5) is 11.9. The van der Waals surface area contributed by atoms with E-state index in [2.05, 4.69) is 138 Å². The van der Waals surface area contributed by atoms with Crippen molar-refractivity contribution in [2.24, 2.45) is 0 Å². The average molecular weight is 648 g/mol. The van der Waals surface area contributed by atoms with Gasteiger partial charge in [0.15, 0.2) is 5.58 Å². The van der Waals surface area contributed by atoms with Crippen molar-refractivity contribution in [2.75, 3.05) is 4.90 Å². The second-order valence-corrected chi connectivity index (χ2v) is 12.9. The van der Waals surface area contributed by atoms with Crippen molar-refractivity contribution in [3.8, 4) is 44.3 Å². The smallest absolute Gasteiger partial charge is 0.227 e. The number of hydrogen-bond acceptors (Lipinski definition) is 5. The lowest BCUT2D eigenvalue weighted by molar-refractivity contribution is 0.620. The van der Waals surface area contributed by atoms with E-state index in [9.17, 15) is 0 Å². The van der Waals surface area contributed by atoms with Crippen molar-refractivity contribution in [2.45, 2.75) is 0 Å². The number of oxazole rings is 1. The predicted molar refractivity (Wildman–Crippen MR) is 204 cm³/mol. The lowest BCUT2D eigenvalue weighted by atomic mass is 10.0. The Morgan fingerprint density at radius 3 is 1.55 bits per heavy atom. The van der Waals surface area contributed by atoms with Crippen LogP contribution >= 0.6 is 11.3 Å². The van der Waals surface area contributed by atoms with Gasteiger partial charge in [-0.15, -0.1) is 11.3 Å². The van der Waals surface area contributed by atoms with Gasteiger partial charge in [-0.1, -0.05) is 103 Å². The van der Waals surface area contributed by atoms with E-state index in [4.69, 9.17) is 14.4 Å². The van der Waals surface area contributed by atoms with Crippen LogP contribution in [0.25, 0.3) is 65.6 Å². The number of anilines is 3. The lowest BCUT2D eigenvalue weighted by Crippen LogP contribution is -2.09. The van der Waals surface area contributed by atoms with Gasteiger partial charge >= 0.3 is 0 Å². The number of aromatic nitrogens is 2.